The molecule has 3 heteroatoms. The maximum Gasteiger partial charge on any atom is 0.225 e. The van der Waals surface area contributed by atoms with Crippen molar-refractivity contribution in [2.75, 3.05) is 7.11 Å². The van der Waals surface area contributed by atoms with Gasteiger partial charge in [-0.1, -0.05) is 48.5 Å². The molecule has 0 unspecified atom stereocenters. The summed E-state index contributed by atoms with van der Waals surface area (Å²) in [6, 6.07) is 17.9. The number of carbonyl (C=O) groups excluding carboxylic acids is 1. The molecule has 1 N–H and O–H groups in total. The van der Waals surface area contributed by atoms with Crippen LogP contribution in [-0.4, -0.2) is 13.0 Å². The summed E-state index contributed by atoms with van der Waals surface area (Å²) in [5, 5.41) is 3.25. The SMILES string of the molecule is COc1ccccc1CC(=O)NC1(c2ccccc2)CCC1. The number of para-hydroxylation sites is 1. The first-order valence-corrected chi connectivity index (χ1v) is 7.72. The average molecular weight is 295 g/mol. The van der Waals surface area contributed by atoms with E-state index in [4.69, 9.17) is 4.74 Å². The number of hydrogen-bond acceptors (Lipinski definition) is 2. The van der Waals surface area contributed by atoms with E-state index < -0.39 is 0 Å². The van der Waals surface area contributed by atoms with Gasteiger partial charge in [-0.05, 0) is 30.9 Å². The third-order valence-corrected chi connectivity index (χ3v) is 4.46. The van der Waals surface area contributed by atoms with E-state index >= 15 is 0 Å². The van der Waals surface area contributed by atoms with Gasteiger partial charge < -0.3 is 10.1 Å². The van der Waals surface area contributed by atoms with Crippen molar-refractivity contribution in [1.82, 2.24) is 5.32 Å². The Morgan fingerprint density at radius 1 is 1.09 bits per heavy atom. The summed E-state index contributed by atoms with van der Waals surface area (Å²) in [4.78, 5) is 12.5. The van der Waals surface area contributed by atoms with Crippen LogP contribution in [0.5, 0.6) is 5.75 Å². The maximum absolute atomic E-state index is 12.5. The molecule has 0 bridgehead atoms. The van der Waals surface area contributed by atoms with Crippen LogP contribution in [0, 0.1) is 0 Å². The second kappa shape index (κ2) is 6.22. The molecule has 0 radical (unpaired) electrons. The van der Waals surface area contributed by atoms with Crippen LogP contribution in [0.3, 0.4) is 0 Å². The van der Waals surface area contributed by atoms with Crippen molar-refractivity contribution in [3.8, 4) is 5.75 Å². The third kappa shape index (κ3) is 2.84. The zero-order valence-electron chi connectivity index (χ0n) is 12.8. The Balaban J connectivity index is 1.73. The van der Waals surface area contributed by atoms with E-state index in [9.17, 15) is 4.79 Å². The monoisotopic (exact) mass is 295 g/mol. The number of amides is 1. The summed E-state index contributed by atoms with van der Waals surface area (Å²) < 4.78 is 5.32. The summed E-state index contributed by atoms with van der Waals surface area (Å²) >= 11 is 0. The molecule has 2 aromatic rings. The largest absolute Gasteiger partial charge is 0.496 e. The Labute approximate surface area is 131 Å². The predicted octanol–water partition coefficient (Wildman–Crippen LogP) is 3.43. The van der Waals surface area contributed by atoms with Crippen molar-refractivity contribution in [3.63, 3.8) is 0 Å². The Morgan fingerprint density at radius 3 is 2.41 bits per heavy atom. The molecule has 2 aromatic carbocycles. The Bertz CT molecular complexity index is 647. The van der Waals surface area contributed by atoms with Gasteiger partial charge in [0.05, 0.1) is 19.1 Å². The van der Waals surface area contributed by atoms with Gasteiger partial charge in [0.2, 0.25) is 5.91 Å². The van der Waals surface area contributed by atoms with E-state index in [1.165, 1.54) is 5.56 Å². The lowest BCUT2D eigenvalue weighted by Gasteiger charge is -2.43. The minimum absolute atomic E-state index is 0.0491. The van der Waals surface area contributed by atoms with Crippen molar-refractivity contribution in [3.05, 3.63) is 65.7 Å². The van der Waals surface area contributed by atoms with E-state index in [-0.39, 0.29) is 11.4 Å². The van der Waals surface area contributed by atoms with E-state index in [0.717, 1.165) is 30.6 Å². The number of methoxy groups -OCH3 is 1. The van der Waals surface area contributed by atoms with Gasteiger partial charge in [0, 0.05) is 5.56 Å². The van der Waals surface area contributed by atoms with Crippen molar-refractivity contribution < 1.29 is 9.53 Å². The van der Waals surface area contributed by atoms with E-state index in [0.29, 0.717) is 6.42 Å². The predicted molar refractivity (Wildman–Crippen MR) is 86.8 cm³/mol. The Morgan fingerprint density at radius 2 is 1.77 bits per heavy atom. The fourth-order valence-corrected chi connectivity index (χ4v) is 3.11. The van der Waals surface area contributed by atoms with Gasteiger partial charge in [-0.15, -0.1) is 0 Å². The summed E-state index contributed by atoms with van der Waals surface area (Å²) in [7, 11) is 1.63. The smallest absolute Gasteiger partial charge is 0.225 e. The topological polar surface area (TPSA) is 38.3 Å². The van der Waals surface area contributed by atoms with E-state index in [2.05, 4.69) is 17.4 Å². The van der Waals surface area contributed by atoms with Crippen LogP contribution in [0.4, 0.5) is 0 Å². The molecule has 22 heavy (non-hydrogen) atoms. The van der Waals surface area contributed by atoms with Gasteiger partial charge in [-0.3, -0.25) is 4.79 Å². The molecule has 114 valence electrons. The van der Waals surface area contributed by atoms with E-state index in [1.807, 2.05) is 42.5 Å². The molecule has 1 aliphatic carbocycles. The number of ether oxygens (including phenoxy) is 1. The first-order valence-electron chi connectivity index (χ1n) is 7.72. The van der Waals surface area contributed by atoms with Crippen LogP contribution in [0.1, 0.15) is 30.4 Å². The van der Waals surface area contributed by atoms with Crippen molar-refractivity contribution >= 4 is 5.91 Å². The summed E-state index contributed by atoms with van der Waals surface area (Å²) in [6.07, 6.45) is 3.52. The molecule has 0 atom stereocenters. The lowest BCUT2D eigenvalue weighted by Crippen LogP contribution is -2.51. The van der Waals surface area contributed by atoms with Gasteiger partial charge >= 0.3 is 0 Å². The number of carbonyl (C=O) groups is 1. The molecule has 1 aliphatic rings. The van der Waals surface area contributed by atoms with Gasteiger partial charge in [0.1, 0.15) is 5.75 Å². The summed E-state index contributed by atoms with van der Waals surface area (Å²) in [5.41, 5.74) is 1.94. The molecule has 1 fully saturated rings. The number of benzene rings is 2. The molecule has 0 aromatic heterocycles. The molecule has 1 amide bonds. The number of hydrogen-bond donors (Lipinski definition) is 1. The highest BCUT2D eigenvalue weighted by atomic mass is 16.5. The molecule has 3 nitrogen and oxygen atoms in total. The van der Waals surface area contributed by atoms with Crippen LogP contribution in [-0.2, 0) is 16.8 Å². The fourth-order valence-electron chi connectivity index (χ4n) is 3.11. The lowest BCUT2D eigenvalue weighted by atomic mass is 9.71. The van der Waals surface area contributed by atoms with Crippen molar-refractivity contribution in [1.29, 1.82) is 0 Å². The molecule has 3 rings (SSSR count). The van der Waals surface area contributed by atoms with Crippen LogP contribution in [0.25, 0.3) is 0 Å². The number of nitrogens with one attached hydrogen (secondary N) is 1. The van der Waals surface area contributed by atoms with Gasteiger partial charge in [0.15, 0.2) is 0 Å². The lowest BCUT2D eigenvalue weighted by molar-refractivity contribution is -0.123. The highest BCUT2D eigenvalue weighted by Crippen LogP contribution is 2.41. The van der Waals surface area contributed by atoms with Crippen LogP contribution in [0.2, 0.25) is 0 Å². The average Bonchev–Trinajstić information content (AvgIpc) is 2.52. The van der Waals surface area contributed by atoms with Crippen molar-refractivity contribution in [2.24, 2.45) is 0 Å². The minimum Gasteiger partial charge on any atom is -0.496 e. The first-order chi connectivity index (χ1) is 10.7. The molecule has 0 heterocycles. The van der Waals surface area contributed by atoms with Gasteiger partial charge in [-0.25, -0.2) is 0 Å². The molecular weight excluding hydrogens is 274 g/mol. The zero-order chi connectivity index (χ0) is 15.4. The van der Waals surface area contributed by atoms with Crippen molar-refractivity contribution in [2.45, 2.75) is 31.2 Å². The highest BCUT2D eigenvalue weighted by molar-refractivity contribution is 5.80. The molecule has 0 saturated heterocycles. The van der Waals surface area contributed by atoms with Crippen LogP contribution >= 0.6 is 0 Å². The standard InChI is InChI=1S/C19H21NO2/c1-22-17-11-6-5-8-15(17)14-18(21)20-19(12-7-13-19)16-9-3-2-4-10-16/h2-6,8-11H,7,12-14H2,1H3,(H,20,21). The molecule has 0 aliphatic heterocycles. The Hall–Kier alpha value is -2.29. The number of rotatable bonds is 5. The van der Waals surface area contributed by atoms with Crippen LogP contribution < -0.4 is 10.1 Å². The third-order valence-electron chi connectivity index (χ3n) is 4.46. The van der Waals surface area contributed by atoms with Gasteiger partial charge in [-0.2, -0.15) is 0 Å². The highest BCUT2D eigenvalue weighted by Gasteiger charge is 2.39. The first kappa shape index (κ1) is 14.6. The molecular formula is C19H21NO2. The summed E-state index contributed by atoms with van der Waals surface area (Å²) in [5.74, 6) is 0.813. The fraction of sp³-hybridized carbons (Fsp3) is 0.316. The molecule has 0 spiro atoms. The second-order valence-corrected chi connectivity index (χ2v) is 5.84. The van der Waals surface area contributed by atoms with Crippen LogP contribution in [0.15, 0.2) is 54.6 Å². The molecule has 1 saturated carbocycles. The maximum atomic E-state index is 12.5. The van der Waals surface area contributed by atoms with E-state index in [1.54, 1.807) is 7.11 Å². The zero-order valence-corrected chi connectivity index (χ0v) is 12.8. The quantitative estimate of drug-likeness (QED) is 0.917. The Kier molecular flexibility index (Phi) is 4.14. The normalized spacial score (nSPS) is 15.7. The summed E-state index contributed by atoms with van der Waals surface area (Å²) in [6.45, 7) is 0. The minimum atomic E-state index is -0.180. The van der Waals surface area contributed by atoms with Gasteiger partial charge in [0.25, 0.3) is 0 Å². The second-order valence-electron chi connectivity index (χ2n) is 5.84.